The zero-order valence-corrected chi connectivity index (χ0v) is 13.5. The average molecular weight is 347 g/mol. The lowest BCUT2D eigenvalue weighted by Gasteiger charge is -2.14. The van der Waals surface area contributed by atoms with Gasteiger partial charge in [-0.2, -0.15) is 0 Å². The van der Waals surface area contributed by atoms with Crippen LogP contribution in [0.1, 0.15) is 12.5 Å². The van der Waals surface area contributed by atoms with Crippen molar-refractivity contribution in [1.82, 2.24) is 10.6 Å². The summed E-state index contributed by atoms with van der Waals surface area (Å²) >= 11 is 3.39. The molecule has 0 spiro atoms. The van der Waals surface area contributed by atoms with Crippen LogP contribution < -0.4 is 10.6 Å². The van der Waals surface area contributed by atoms with Crippen molar-refractivity contribution in [2.75, 3.05) is 18.6 Å². The summed E-state index contributed by atoms with van der Waals surface area (Å²) in [5.41, 5.74) is 1.17. The maximum Gasteiger partial charge on any atom is 0.315 e. The number of amides is 2. The fourth-order valence-corrected chi connectivity index (χ4v) is 2.26. The molecule has 0 aliphatic rings. The van der Waals surface area contributed by atoms with Gasteiger partial charge in [0.1, 0.15) is 0 Å². The van der Waals surface area contributed by atoms with Crippen LogP contribution in [0.15, 0.2) is 28.7 Å². The van der Waals surface area contributed by atoms with Crippen LogP contribution in [0, 0.1) is 0 Å². The first-order valence-electron chi connectivity index (χ1n) is 6.06. The summed E-state index contributed by atoms with van der Waals surface area (Å²) in [4.78, 5) is 11.6. The van der Waals surface area contributed by atoms with E-state index < -0.39 is 10.8 Å². The molecule has 0 saturated carbocycles. The Balaban J connectivity index is 2.30. The highest BCUT2D eigenvalue weighted by Crippen LogP contribution is 2.11. The molecule has 1 aromatic carbocycles. The molecule has 2 amide bonds. The minimum atomic E-state index is -0.875. The van der Waals surface area contributed by atoms with Gasteiger partial charge in [-0.1, -0.05) is 28.1 Å². The number of rotatable bonds is 6. The molecular weight excluding hydrogens is 328 g/mol. The molecule has 1 aromatic rings. The highest BCUT2D eigenvalue weighted by Gasteiger charge is 2.07. The third-order valence-corrected chi connectivity index (χ3v) is 3.82. The van der Waals surface area contributed by atoms with Crippen LogP contribution in [0.5, 0.6) is 0 Å². The SMILES string of the molecule is C[C@@H](Cc1ccc(Br)cc1)NC(=O)NCC[S@@](C)=O. The number of hydrogen-bond donors (Lipinski definition) is 2. The predicted molar refractivity (Wildman–Crippen MR) is 82.8 cm³/mol. The fraction of sp³-hybridized carbons (Fsp3) is 0.462. The zero-order chi connectivity index (χ0) is 14.3. The van der Waals surface area contributed by atoms with Crippen molar-refractivity contribution < 1.29 is 9.00 Å². The van der Waals surface area contributed by atoms with E-state index in [1.807, 2.05) is 31.2 Å². The van der Waals surface area contributed by atoms with Gasteiger partial charge in [-0.15, -0.1) is 0 Å². The van der Waals surface area contributed by atoms with E-state index in [1.165, 1.54) is 5.56 Å². The first-order chi connectivity index (χ1) is 8.97. The molecule has 4 nitrogen and oxygen atoms in total. The second kappa shape index (κ2) is 8.32. The van der Waals surface area contributed by atoms with Crippen LogP contribution in [0.25, 0.3) is 0 Å². The third kappa shape index (κ3) is 7.32. The number of hydrogen-bond acceptors (Lipinski definition) is 2. The predicted octanol–water partition coefficient (Wildman–Crippen LogP) is 2.06. The van der Waals surface area contributed by atoms with Crippen molar-refractivity contribution >= 4 is 32.8 Å². The number of carbonyl (C=O) groups excluding carboxylic acids is 1. The van der Waals surface area contributed by atoms with Crippen LogP contribution in [-0.4, -0.2) is 34.8 Å². The first kappa shape index (κ1) is 16.2. The first-order valence-corrected chi connectivity index (χ1v) is 8.58. The summed E-state index contributed by atoms with van der Waals surface area (Å²) in [6, 6.07) is 7.86. The van der Waals surface area contributed by atoms with Crippen molar-refractivity contribution in [1.29, 1.82) is 0 Å². The molecule has 0 heterocycles. The molecule has 1 rings (SSSR count). The van der Waals surface area contributed by atoms with Gasteiger partial charge in [-0.05, 0) is 31.0 Å². The van der Waals surface area contributed by atoms with Gasteiger partial charge in [0.25, 0.3) is 0 Å². The van der Waals surface area contributed by atoms with Crippen LogP contribution in [0.3, 0.4) is 0 Å². The van der Waals surface area contributed by atoms with Crippen LogP contribution in [0.2, 0.25) is 0 Å². The van der Waals surface area contributed by atoms with E-state index in [2.05, 4.69) is 26.6 Å². The molecule has 0 saturated heterocycles. The molecule has 19 heavy (non-hydrogen) atoms. The molecule has 2 atom stereocenters. The van der Waals surface area contributed by atoms with Crippen LogP contribution >= 0.6 is 15.9 Å². The van der Waals surface area contributed by atoms with E-state index in [0.717, 1.165) is 10.9 Å². The molecule has 0 aliphatic carbocycles. The minimum Gasteiger partial charge on any atom is -0.337 e. The van der Waals surface area contributed by atoms with Gasteiger partial charge in [-0.3, -0.25) is 4.21 Å². The molecule has 6 heteroatoms. The van der Waals surface area contributed by atoms with Gasteiger partial charge in [0.05, 0.1) is 0 Å². The van der Waals surface area contributed by atoms with Gasteiger partial charge < -0.3 is 10.6 Å². The maximum absolute atomic E-state index is 11.6. The van der Waals surface area contributed by atoms with E-state index in [9.17, 15) is 9.00 Å². The monoisotopic (exact) mass is 346 g/mol. The Bertz CT molecular complexity index is 437. The quantitative estimate of drug-likeness (QED) is 0.828. The highest BCUT2D eigenvalue weighted by molar-refractivity contribution is 9.10. The summed E-state index contributed by atoms with van der Waals surface area (Å²) in [6.45, 7) is 2.39. The Morgan fingerprint density at radius 1 is 1.37 bits per heavy atom. The summed E-state index contributed by atoms with van der Waals surface area (Å²) in [5.74, 6) is 0.481. The molecular formula is C13H19BrN2O2S. The third-order valence-electron chi connectivity index (χ3n) is 2.51. The largest absolute Gasteiger partial charge is 0.337 e. The highest BCUT2D eigenvalue weighted by atomic mass is 79.9. The average Bonchev–Trinajstić information content (AvgIpc) is 2.31. The molecule has 0 unspecified atom stereocenters. The Kier molecular flexibility index (Phi) is 7.09. The lowest BCUT2D eigenvalue weighted by atomic mass is 10.1. The van der Waals surface area contributed by atoms with Gasteiger partial charge in [-0.25, -0.2) is 4.79 Å². The zero-order valence-electron chi connectivity index (χ0n) is 11.1. The Morgan fingerprint density at radius 3 is 2.58 bits per heavy atom. The van der Waals surface area contributed by atoms with E-state index in [-0.39, 0.29) is 12.1 Å². The summed E-state index contributed by atoms with van der Waals surface area (Å²) in [6.07, 6.45) is 2.40. The van der Waals surface area contributed by atoms with Gasteiger partial charge in [0.15, 0.2) is 0 Å². The van der Waals surface area contributed by atoms with E-state index in [4.69, 9.17) is 0 Å². The number of benzene rings is 1. The topological polar surface area (TPSA) is 58.2 Å². The van der Waals surface area contributed by atoms with Gasteiger partial charge >= 0.3 is 6.03 Å². The number of urea groups is 1. The minimum absolute atomic E-state index is 0.0494. The molecule has 0 aromatic heterocycles. The lowest BCUT2D eigenvalue weighted by Crippen LogP contribution is -2.42. The Morgan fingerprint density at radius 2 is 2.00 bits per heavy atom. The number of halogens is 1. The molecule has 0 bridgehead atoms. The van der Waals surface area contributed by atoms with E-state index in [1.54, 1.807) is 6.26 Å². The smallest absolute Gasteiger partial charge is 0.315 e. The molecule has 0 fully saturated rings. The van der Waals surface area contributed by atoms with Crippen molar-refractivity contribution in [2.45, 2.75) is 19.4 Å². The molecule has 106 valence electrons. The second-order valence-electron chi connectivity index (χ2n) is 4.41. The van der Waals surface area contributed by atoms with Crippen molar-refractivity contribution in [3.05, 3.63) is 34.3 Å². The summed E-state index contributed by atoms with van der Waals surface area (Å²) < 4.78 is 11.9. The van der Waals surface area contributed by atoms with Crippen LogP contribution in [-0.2, 0) is 17.2 Å². The second-order valence-corrected chi connectivity index (χ2v) is 6.88. The fourth-order valence-electron chi connectivity index (χ4n) is 1.61. The molecule has 0 aliphatic heterocycles. The van der Waals surface area contributed by atoms with Crippen molar-refractivity contribution in [3.63, 3.8) is 0 Å². The number of carbonyl (C=O) groups is 1. The van der Waals surface area contributed by atoms with E-state index >= 15 is 0 Å². The van der Waals surface area contributed by atoms with E-state index in [0.29, 0.717) is 12.3 Å². The summed E-state index contributed by atoms with van der Waals surface area (Å²) in [7, 11) is -0.875. The normalized spacial score (nSPS) is 13.6. The maximum atomic E-state index is 11.6. The molecule has 2 N–H and O–H groups in total. The van der Waals surface area contributed by atoms with Crippen molar-refractivity contribution in [3.8, 4) is 0 Å². The van der Waals surface area contributed by atoms with Crippen molar-refractivity contribution in [2.24, 2.45) is 0 Å². The lowest BCUT2D eigenvalue weighted by molar-refractivity contribution is 0.238. The number of nitrogens with one attached hydrogen (secondary N) is 2. The molecule has 0 radical (unpaired) electrons. The Labute approximate surface area is 124 Å². The van der Waals surface area contributed by atoms with Gasteiger partial charge in [0, 0.05) is 39.9 Å². The standard InChI is InChI=1S/C13H19BrN2O2S/c1-10(9-11-3-5-12(14)6-4-11)16-13(17)15-7-8-19(2)18/h3-6,10H,7-9H2,1-2H3,(H2,15,16,17)/t10-,19+/m0/s1. The van der Waals surface area contributed by atoms with Gasteiger partial charge in [0.2, 0.25) is 0 Å². The Hall–Kier alpha value is -0.880. The summed E-state index contributed by atoms with van der Waals surface area (Å²) in [5, 5.41) is 5.55. The van der Waals surface area contributed by atoms with Crippen LogP contribution in [0.4, 0.5) is 4.79 Å².